The van der Waals surface area contributed by atoms with Crippen LogP contribution in [0.2, 0.25) is 5.02 Å². The van der Waals surface area contributed by atoms with Gasteiger partial charge >= 0.3 is 5.97 Å². The number of carboxylic acids is 1. The SMILES string of the molecule is CCn1cc(Oc2c(Cl)cc(N)cc2C(=O)O)cn1. The van der Waals surface area contributed by atoms with E-state index in [1.54, 1.807) is 10.9 Å². The van der Waals surface area contributed by atoms with Crippen LogP contribution in [0.15, 0.2) is 24.5 Å². The Morgan fingerprint density at radius 1 is 1.58 bits per heavy atom. The van der Waals surface area contributed by atoms with Crippen molar-refractivity contribution in [3.05, 3.63) is 35.1 Å². The van der Waals surface area contributed by atoms with Crippen LogP contribution in [0.3, 0.4) is 0 Å². The number of ether oxygens (including phenoxy) is 1. The maximum Gasteiger partial charge on any atom is 0.339 e. The van der Waals surface area contributed by atoms with E-state index in [4.69, 9.17) is 27.2 Å². The topological polar surface area (TPSA) is 90.4 Å². The Hall–Kier alpha value is -2.21. The fraction of sp³-hybridized carbons (Fsp3) is 0.167. The van der Waals surface area contributed by atoms with Crippen LogP contribution in [0, 0.1) is 0 Å². The highest BCUT2D eigenvalue weighted by Crippen LogP contribution is 2.35. The molecule has 0 radical (unpaired) electrons. The van der Waals surface area contributed by atoms with Crippen molar-refractivity contribution in [2.24, 2.45) is 0 Å². The molecular formula is C12H12ClN3O3. The van der Waals surface area contributed by atoms with Gasteiger partial charge in [0.15, 0.2) is 11.5 Å². The fourth-order valence-electron chi connectivity index (χ4n) is 1.57. The zero-order chi connectivity index (χ0) is 14.0. The summed E-state index contributed by atoms with van der Waals surface area (Å²) in [5, 5.41) is 13.3. The Morgan fingerprint density at radius 2 is 2.32 bits per heavy atom. The highest BCUT2D eigenvalue weighted by atomic mass is 35.5. The third-order valence-electron chi connectivity index (χ3n) is 2.45. The Bertz CT molecular complexity index is 625. The molecule has 0 bridgehead atoms. The van der Waals surface area contributed by atoms with Crippen molar-refractivity contribution in [2.45, 2.75) is 13.5 Å². The zero-order valence-electron chi connectivity index (χ0n) is 10.1. The van der Waals surface area contributed by atoms with Gasteiger partial charge in [0, 0.05) is 12.2 Å². The first-order valence-electron chi connectivity index (χ1n) is 5.54. The summed E-state index contributed by atoms with van der Waals surface area (Å²) in [6, 6.07) is 2.74. The van der Waals surface area contributed by atoms with Gasteiger partial charge in [-0.25, -0.2) is 4.79 Å². The van der Waals surface area contributed by atoms with Crippen molar-refractivity contribution >= 4 is 23.3 Å². The molecule has 0 fully saturated rings. The lowest BCUT2D eigenvalue weighted by atomic mass is 10.2. The van der Waals surface area contributed by atoms with E-state index in [0.29, 0.717) is 12.3 Å². The van der Waals surface area contributed by atoms with E-state index in [9.17, 15) is 4.79 Å². The summed E-state index contributed by atoms with van der Waals surface area (Å²) < 4.78 is 7.14. The number of rotatable bonds is 4. The molecule has 7 heteroatoms. The second-order valence-corrected chi connectivity index (χ2v) is 4.23. The molecular weight excluding hydrogens is 270 g/mol. The smallest absolute Gasteiger partial charge is 0.339 e. The molecule has 1 heterocycles. The van der Waals surface area contributed by atoms with Crippen LogP contribution in [0.4, 0.5) is 5.69 Å². The van der Waals surface area contributed by atoms with Crippen LogP contribution in [0.1, 0.15) is 17.3 Å². The van der Waals surface area contributed by atoms with Crippen molar-refractivity contribution in [1.29, 1.82) is 0 Å². The largest absolute Gasteiger partial charge is 0.478 e. The molecule has 2 rings (SSSR count). The lowest BCUT2D eigenvalue weighted by Crippen LogP contribution is -2.02. The van der Waals surface area contributed by atoms with E-state index in [2.05, 4.69) is 5.10 Å². The van der Waals surface area contributed by atoms with Crippen LogP contribution in [0.25, 0.3) is 0 Å². The van der Waals surface area contributed by atoms with Crippen LogP contribution < -0.4 is 10.5 Å². The number of hydrogen-bond acceptors (Lipinski definition) is 4. The lowest BCUT2D eigenvalue weighted by molar-refractivity contribution is 0.0694. The molecule has 0 atom stereocenters. The molecule has 19 heavy (non-hydrogen) atoms. The minimum absolute atomic E-state index is 0.0546. The number of nitrogens with two attached hydrogens (primary N) is 1. The monoisotopic (exact) mass is 281 g/mol. The predicted molar refractivity (Wildman–Crippen MR) is 70.8 cm³/mol. The number of benzene rings is 1. The van der Waals surface area contributed by atoms with Crippen molar-refractivity contribution in [3.63, 3.8) is 0 Å². The maximum absolute atomic E-state index is 11.2. The third kappa shape index (κ3) is 2.79. The molecule has 1 aromatic carbocycles. The Balaban J connectivity index is 2.41. The fourth-order valence-corrected chi connectivity index (χ4v) is 1.83. The summed E-state index contributed by atoms with van der Waals surface area (Å²) in [7, 11) is 0. The number of carbonyl (C=O) groups is 1. The summed E-state index contributed by atoms with van der Waals surface area (Å²) in [5.41, 5.74) is 5.74. The second-order valence-electron chi connectivity index (χ2n) is 3.82. The molecule has 1 aromatic heterocycles. The van der Waals surface area contributed by atoms with Crippen molar-refractivity contribution in [2.75, 3.05) is 5.73 Å². The van der Waals surface area contributed by atoms with Crippen molar-refractivity contribution < 1.29 is 14.6 Å². The number of hydrogen-bond donors (Lipinski definition) is 2. The second kappa shape index (κ2) is 5.19. The number of nitrogen functional groups attached to an aromatic ring is 1. The molecule has 3 N–H and O–H groups in total. The Kier molecular flexibility index (Phi) is 3.62. The quantitative estimate of drug-likeness (QED) is 0.841. The Morgan fingerprint density at radius 3 is 2.89 bits per heavy atom. The summed E-state index contributed by atoms with van der Waals surface area (Å²) in [5.74, 6) is -0.692. The molecule has 0 aliphatic rings. The normalized spacial score (nSPS) is 10.4. The van der Waals surface area contributed by atoms with Crippen LogP contribution in [0.5, 0.6) is 11.5 Å². The number of aromatic carboxylic acids is 1. The van der Waals surface area contributed by atoms with Gasteiger partial charge in [0.05, 0.1) is 17.4 Å². The molecule has 0 saturated heterocycles. The highest BCUT2D eigenvalue weighted by Gasteiger charge is 2.17. The molecule has 0 spiro atoms. The van der Waals surface area contributed by atoms with E-state index in [1.807, 2.05) is 6.92 Å². The number of aryl methyl sites for hydroxylation is 1. The van der Waals surface area contributed by atoms with E-state index in [1.165, 1.54) is 18.3 Å². The van der Waals surface area contributed by atoms with Gasteiger partial charge in [0.1, 0.15) is 5.56 Å². The first-order valence-corrected chi connectivity index (χ1v) is 5.91. The average molecular weight is 282 g/mol. The van der Waals surface area contributed by atoms with Gasteiger partial charge in [-0.2, -0.15) is 5.10 Å². The minimum atomic E-state index is -1.16. The Labute approximate surface area is 114 Å². The summed E-state index contributed by atoms with van der Waals surface area (Å²) in [6.07, 6.45) is 3.14. The standard InChI is InChI=1S/C12H12ClN3O3/c1-2-16-6-8(5-15-16)19-11-9(12(17)18)3-7(14)4-10(11)13/h3-6H,2,14H2,1H3,(H,17,18). The van der Waals surface area contributed by atoms with Crippen molar-refractivity contribution in [3.8, 4) is 11.5 Å². The molecule has 0 saturated carbocycles. The number of nitrogens with zero attached hydrogens (tertiary/aromatic N) is 2. The third-order valence-corrected chi connectivity index (χ3v) is 2.73. The van der Waals surface area contributed by atoms with Gasteiger partial charge in [0.25, 0.3) is 0 Å². The number of aromatic nitrogens is 2. The molecule has 0 unspecified atom stereocenters. The van der Waals surface area contributed by atoms with Gasteiger partial charge in [-0.05, 0) is 19.1 Å². The number of anilines is 1. The number of carboxylic acid groups (broad SMARTS) is 1. The predicted octanol–water partition coefficient (Wildman–Crippen LogP) is 2.63. The van der Waals surface area contributed by atoms with Gasteiger partial charge in [-0.1, -0.05) is 11.6 Å². The number of halogens is 1. The molecule has 0 aliphatic carbocycles. The molecule has 2 aromatic rings. The van der Waals surface area contributed by atoms with Gasteiger partial charge in [0.2, 0.25) is 0 Å². The summed E-state index contributed by atoms with van der Waals surface area (Å²) >= 11 is 5.97. The first-order chi connectivity index (χ1) is 9.01. The first kappa shape index (κ1) is 13.2. The van der Waals surface area contributed by atoms with Gasteiger partial charge in [-0.3, -0.25) is 4.68 Å². The summed E-state index contributed by atoms with van der Waals surface area (Å²) in [6.45, 7) is 2.61. The van der Waals surface area contributed by atoms with Crippen LogP contribution in [-0.2, 0) is 6.54 Å². The highest BCUT2D eigenvalue weighted by molar-refractivity contribution is 6.33. The lowest BCUT2D eigenvalue weighted by Gasteiger charge is -2.09. The van der Waals surface area contributed by atoms with Crippen LogP contribution >= 0.6 is 11.6 Å². The van der Waals surface area contributed by atoms with Gasteiger partial charge in [-0.15, -0.1) is 0 Å². The van der Waals surface area contributed by atoms with Crippen LogP contribution in [-0.4, -0.2) is 20.9 Å². The minimum Gasteiger partial charge on any atom is -0.478 e. The zero-order valence-corrected chi connectivity index (χ0v) is 10.9. The van der Waals surface area contributed by atoms with Crippen molar-refractivity contribution in [1.82, 2.24) is 9.78 Å². The van der Waals surface area contributed by atoms with Gasteiger partial charge < -0.3 is 15.6 Å². The van der Waals surface area contributed by atoms with E-state index >= 15 is 0 Å². The van der Waals surface area contributed by atoms with E-state index in [-0.39, 0.29) is 22.0 Å². The summed E-state index contributed by atoms with van der Waals surface area (Å²) in [4.78, 5) is 11.2. The maximum atomic E-state index is 11.2. The molecule has 0 amide bonds. The molecule has 6 nitrogen and oxygen atoms in total. The van der Waals surface area contributed by atoms with E-state index < -0.39 is 5.97 Å². The molecule has 0 aliphatic heterocycles. The average Bonchev–Trinajstić information content (AvgIpc) is 2.79. The molecule has 100 valence electrons. The van der Waals surface area contributed by atoms with E-state index in [0.717, 1.165) is 0 Å².